The predicted molar refractivity (Wildman–Crippen MR) is 92.0 cm³/mol. The molecule has 0 spiro atoms. The summed E-state index contributed by atoms with van der Waals surface area (Å²) in [5.41, 5.74) is 6.36. The number of aromatic nitrogens is 2. The van der Waals surface area contributed by atoms with Gasteiger partial charge in [0.15, 0.2) is 0 Å². The Morgan fingerprint density at radius 1 is 1.17 bits per heavy atom. The van der Waals surface area contributed by atoms with E-state index in [1.54, 1.807) is 12.1 Å². The zero-order valence-corrected chi connectivity index (χ0v) is 13.4. The van der Waals surface area contributed by atoms with E-state index in [4.69, 9.17) is 0 Å². The van der Waals surface area contributed by atoms with Crippen LogP contribution in [0.4, 0.5) is 11.4 Å². The zero-order valence-electron chi connectivity index (χ0n) is 13.4. The molecule has 1 aromatic heterocycles. The molecular weight excluding hydrogens is 304 g/mol. The van der Waals surface area contributed by atoms with Crippen LogP contribution in [0.5, 0.6) is 0 Å². The van der Waals surface area contributed by atoms with E-state index in [0.717, 1.165) is 33.8 Å². The van der Waals surface area contributed by atoms with Gasteiger partial charge in [0.25, 0.3) is 5.69 Å². The van der Waals surface area contributed by atoms with Crippen LogP contribution in [-0.2, 0) is 0 Å². The van der Waals surface area contributed by atoms with Gasteiger partial charge in [-0.2, -0.15) is 5.10 Å². The van der Waals surface area contributed by atoms with Gasteiger partial charge in [0.2, 0.25) is 0 Å². The lowest BCUT2D eigenvalue weighted by molar-refractivity contribution is -0.384. The minimum Gasteiger partial charge on any atom is -0.359 e. The third-order valence-electron chi connectivity index (χ3n) is 4.35. The molecule has 0 radical (unpaired) electrons. The molecule has 0 amide bonds. The highest BCUT2D eigenvalue weighted by atomic mass is 16.6. The van der Waals surface area contributed by atoms with Gasteiger partial charge in [0.05, 0.1) is 16.3 Å². The first-order valence-corrected chi connectivity index (χ1v) is 7.71. The molecule has 3 aromatic rings. The number of aryl methyl sites for hydroxylation is 2. The Balaban J connectivity index is 1.85. The summed E-state index contributed by atoms with van der Waals surface area (Å²) < 4.78 is 1.94. The number of hydrogen-bond donors (Lipinski definition) is 1. The van der Waals surface area contributed by atoms with Crippen LogP contribution in [0.2, 0.25) is 0 Å². The third-order valence-corrected chi connectivity index (χ3v) is 4.35. The number of para-hydroxylation sites is 1. The molecular formula is C18H16N4O2. The molecule has 1 atom stereocenters. The molecule has 6 nitrogen and oxygen atoms in total. The average Bonchev–Trinajstić information content (AvgIpc) is 2.96. The molecule has 0 saturated heterocycles. The molecule has 0 saturated carbocycles. The molecule has 1 N–H and O–H groups in total. The van der Waals surface area contributed by atoms with E-state index >= 15 is 0 Å². The van der Waals surface area contributed by atoms with Crippen molar-refractivity contribution >= 4 is 11.4 Å². The van der Waals surface area contributed by atoms with Gasteiger partial charge in [-0.25, -0.2) is 4.68 Å². The number of nitro groups is 1. The van der Waals surface area contributed by atoms with Gasteiger partial charge in [-0.15, -0.1) is 0 Å². The molecule has 0 fully saturated rings. The van der Waals surface area contributed by atoms with E-state index in [9.17, 15) is 10.1 Å². The molecule has 1 aliphatic heterocycles. The first-order valence-electron chi connectivity index (χ1n) is 7.71. The normalized spacial score (nSPS) is 15.3. The van der Waals surface area contributed by atoms with Crippen LogP contribution in [-0.4, -0.2) is 14.7 Å². The second-order valence-electron chi connectivity index (χ2n) is 6.01. The van der Waals surface area contributed by atoms with Crippen LogP contribution in [0.3, 0.4) is 0 Å². The monoisotopic (exact) mass is 320 g/mol. The average molecular weight is 320 g/mol. The minimum absolute atomic E-state index is 0.0861. The highest BCUT2D eigenvalue weighted by molar-refractivity contribution is 5.81. The Morgan fingerprint density at radius 3 is 2.62 bits per heavy atom. The van der Waals surface area contributed by atoms with E-state index in [1.165, 1.54) is 12.1 Å². The summed E-state index contributed by atoms with van der Waals surface area (Å²) >= 11 is 0. The number of anilines is 1. The topological polar surface area (TPSA) is 73.0 Å². The molecule has 2 heterocycles. The molecule has 2 aromatic carbocycles. The van der Waals surface area contributed by atoms with E-state index in [-0.39, 0.29) is 16.8 Å². The van der Waals surface area contributed by atoms with Crippen LogP contribution >= 0.6 is 0 Å². The fourth-order valence-electron chi connectivity index (χ4n) is 3.19. The van der Waals surface area contributed by atoms with E-state index < -0.39 is 0 Å². The van der Waals surface area contributed by atoms with Gasteiger partial charge in [0.1, 0.15) is 6.17 Å². The van der Waals surface area contributed by atoms with Crippen molar-refractivity contribution in [1.29, 1.82) is 0 Å². The van der Waals surface area contributed by atoms with Crippen LogP contribution in [0, 0.1) is 24.0 Å². The summed E-state index contributed by atoms with van der Waals surface area (Å²) in [6.45, 7) is 4.03. The first kappa shape index (κ1) is 14.4. The van der Waals surface area contributed by atoms with Crippen molar-refractivity contribution in [3.63, 3.8) is 0 Å². The number of nitrogens with one attached hydrogen (secondary N) is 1. The maximum absolute atomic E-state index is 10.9. The second kappa shape index (κ2) is 5.19. The molecule has 6 heteroatoms. The second-order valence-corrected chi connectivity index (χ2v) is 6.01. The highest BCUT2D eigenvalue weighted by Crippen LogP contribution is 2.40. The fraction of sp³-hybridized carbons (Fsp3) is 0.167. The maximum Gasteiger partial charge on any atom is 0.269 e. The number of nitrogens with zero attached hydrogens (tertiary/aromatic N) is 3. The Labute approximate surface area is 138 Å². The van der Waals surface area contributed by atoms with Gasteiger partial charge in [0, 0.05) is 23.4 Å². The highest BCUT2D eigenvalue weighted by Gasteiger charge is 2.27. The number of non-ortho nitro benzene ring substituents is 1. The van der Waals surface area contributed by atoms with Gasteiger partial charge in [-0.05, 0) is 43.2 Å². The van der Waals surface area contributed by atoms with Crippen molar-refractivity contribution in [3.05, 3.63) is 75.5 Å². The van der Waals surface area contributed by atoms with Crippen molar-refractivity contribution in [2.24, 2.45) is 0 Å². The standard InChI is InChI=1S/C18H16N4O2/c1-11-4-3-5-15-16-10-12(2)20-21(16)18(19-17(11)15)13-6-8-14(9-7-13)22(23)24/h3-10,18-19H,1-2H3. The summed E-state index contributed by atoms with van der Waals surface area (Å²) in [7, 11) is 0. The van der Waals surface area contributed by atoms with Crippen molar-refractivity contribution in [1.82, 2.24) is 9.78 Å². The van der Waals surface area contributed by atoms with Crippen molar-refractivity contribution < 1.29 is 4.92 Å². The first-order chi connectivity index (χ1) is 11.5. The summed E-state index contributed by atoms with van der Waals surface area (Å²) in [6, 6.07) is 14.9. The summed E-state index contributed by atoms with van der Waals surface area (Å²) in [5.74, 6) is 0. The molecule has 120 valence electrons. The molecule has 0 aliphatic carbocycles. The third kappa shape index (κ3) is 2.15. The lowest BCUT2D eigenvalue weighted by Crippen LogP contribution is -2.26. The Bertz CT molecular complexity index is 944. The largest absolute Gasteiger partial charge is 0.359 e. The minimum atomic E-state index is -0.388. The van der Waals surface area contributed by atoms with Crippen molar-refractivity contribution in [2.45, 2.75) is 20.0 Å². The number of rotatable bonds is 2. The van der Waals surface area contributed by atoms with E-state index in [0.29, 0.717) is 0 Å². The smallest absolute Gasteiger partial charge is 0.269 e. The molecule has 1 aliphatic rings. The zero-order chi connectivity index (χ0) is 16.8. The lowest BCUT2D eigenvalue weighted by Gasteiger charge is -2.30. The van der Waals surface area contributed by atoms with E-state index in [1.807, 2.05) is 17.7 Å². The Hall–Kier alpha value is -3.15. The number of fused-ring (bicyclic) bond motifs is 3. The van der Waals surface area contributed by atoms with Gasteiger partial charge in [-0.3, -0.25) is 10.1 Å². The molecule has 24 heavy (non-hydrogen) atoms. The quantitative estimate of drug-likeness (QED) is 0.571. The Kier molecular flexibility index (Phi) is 3.13. The number of hydrogen-bond acceptors (Lipinski definition) is 4. The summed E-state index contributed by atoms with van der Waals surface area (Å²) in [5, 5.41) is 19.0. The van der Waals surface area contributed by atoms with Crippen LogP contribution < -0.4 is 5.32 Å². The van der Waals surface area contributed by atoms with Crippen LogP contribution in [0.1, 0.15) is 23.0 Å². The molecule has 4 rings (SSSR count). The Morgan fingerprint density at radius 2 is 1.92 bits per heavy atom. The number of nitro benzene ring substituents is 1. The van der Waals surface area contributed by atoms with Gasteiger partial charge < -0.3 is 5.32 Å². The predicted octanol–water partition coefficient (Wildman–Crippen LogP) is 4.05. The van der Waals surface area contributed by atoms with Crippen LogP contribution in [0.15, 0.2) is 48.5 Å². The van der Waals surface area contributed by atoms with Crippen molar-refractivity contribution in [2.75, 3.05) is 5.32 Å². The summed E-state index contributed by atoms with van der Waals surface area (Å²) in [6.07, 6.45) is -0.192. The SMILES string of the molecule is Cc1cc2n(n1)C(c1ccc([N+](=O)[O-])cc1)Nc1c(C)cccc1-2. The fourth-order valence-corrected chi connectivity index (χ4v) is 3.19. The van der Waals surface area contributed by atoms with Crippen LogP contribution in [0.25, 0.3) is 11.3 Å². The maximum atomic E-state index is 10.9. The molecule has 1 unspecified atom stereocenters. The van der Waals surface area contributed by atoms with Gasteiger partial charge in [-0.1, -0.05) is 18.2 Å². The van der Waals surface area contributed by atoms with E-state index in [2.05, 4.69) is 35.5 Å². The number of benzene rings is 2. The molecule has 0 bridgehead atoms. The lowest BCUT2D eigenvalue weighted by atomic mass is 10.0. The van der Waals surface area contributed by atoms with Gasteiger partial charge >= 0.3 is 0 Å². The summed E-state index contributed by atoms with van der Waals surface area (Å²) in [4.78, 5) is 10.5. The van der Waals surface area contributed by atoms with Crippen molar-refractivity contribution in [3.8, 4) is 11.3 Å².